The molecule has 0 aliphatic carbocycles. The van der Waals surface area contributed by atoms with Crippen molar-refractivity contribution in [3.8, 4) is 0 Å². The Morgan fingerprint density at radius 2 is 2.14 bits per heavy atom. The van der Waals surface area contributed by atoms with E-state index >= 15 is 0 Å². The molecule has 1 aromatic heterocycles. The van der Waals surface area contributed by atoms with Gasteiger partial charge in [-0.1, -0.05) is 6.07 Å². The Hall–Kier alpha value is -1.42. The fourth-order valence-corrected chi connectivity index (χ4v) is 1.52. The summed E-state index contributed by atoms with van der Waals surface area (Å²) in [6, 6.07) is 5.40. The summed E-state index contributed by atoms with van der Waals surface area (Å²) in [7, 11) is 0. The first-order valence-electron chi connectivity index (χ1n) is 4.79. The van der Waals surface area contributed by atoms with Gasteiger partial charge in [-0.05, 0) is 12.1 Å². The molecule has 0 atom stereocenters. The molecule has 1 aromatic rings. The summed E-state index contributed by atoms with van der Waals surface area (Å²) >= 11 is 0. The lowest BCUT2D eigenvalue weighted by molar-refractivity contribution is 0.0730. The van der Waals surface area contributed by atoms with Crippen LogP contribution in [0, 0.1) is 0 Å². The lowest BCUT2D eigenvalue weighted by atomic mass is 10.3. The van der Waals surface area contributed by atoms with E-state index in [0.29, 0.717) is 5.69 Å². The topological polar surface area (TPSA) is 45.2 Å². The van der Waals surface area contributed by atoms with Crippen molar-refractivity contribution < 1.29 is 4.79 Å². The highest BCUT2D eigenvalue weighted by Gasteiger charge is 2.17. The molecule has 0 radical (unpaired) electrons. The predicted molar refractivity (Wildman–Crippen MR) is 53.0 cm³/mol. The number of hydrogen-bond donors (Lipinski definition) is 1. The van der Waals surface area contributed by atoms with Crippen LogP contribution < -0.4 is 5.32 Å². The summed E-state index contributed by atoms with van der Waals surface area (Å²) < 4.78 is 0. The number of aromatic nitrogens is 1. The third kappa shape index (κ3) is 1.90. The van der Waals surface area contributed by atoms with E-state index < -0.39 is 0 Å². The molecule has 4 nitrogen and oxygen atoms in total. The zero-order valence-electron chi connectivity index (χ0n) is 7.94. The van der Waals surface area contributed by atoms with Crippen LogP contribution in [-0.2, 0) is 0 Å². The van der Waals surface area contributed by atoms with Gasteiger partial charge in [-0.3, -0.25) is 9.78 Å². The SMILES string of the molecule is O=C(c1ccccn1)N1CCNCC1. The van der Waals surface area contributed by atoms with Crippen LogP contribution in [0.4, 0.5) is 0 Å². The molecule has 14 heavy (non-hydrogen) atoms. The molecule has 1 amide bonds. The van der Waals surface area contributed by atoms with Crippen molar-refractivity contribution in [1.29, 1.82) is 0 Å². The molecule has 2 heterocycles. The van der Waals surface area contributed by atoms with E-state index in [2.05, 4.69) is 10.3 Å². The molecule has 0 saturated carbocycles. The average Bonchev–Trinajstić information content (AvgIpc) is 2.30. The van der Waals surface area contributed by atoms with Crippen molar-refractivity contribution >= 4 is 5.91 Å². The van der Waals surface area contributed by atoms with Crippen molar-refractivity contribution in [2.24, 2.45) is 0 Å². The fourth-order valence-electron chi connectivity index (χ4n) is 1.52. The van der Waals surface area contributed by atoms with Gasteiger partial charge in [-0.15, -0.1) is 0 Å². The van der Waals surface area contributed by atoms with Gasteiger partial charge in [-0.25, -0.2) is 0 Å². The molecule has 1 fully saturated rings. The van der Waals surface area contributed by atoms with Crippen LogP contribution in [0.3, 0.4) is 0 Å². The second kappa shape index (κ2) is 4.19. The van der Waals surface area contributed by atoms with E-state index in [0.717, 1.165) is 26.2 Å². The van der Waals surface area contributed by atoms with Gasteiger partial charge in [0.2, 0.25) is 0 Å². The van der Waals surface area contributed by atoms with E-state index in [1.165, 1.54) is 0 Å². The van der Waals surface area contributed by atoms with Crippen LogP contribution in [0.2, 0.25) is 0 Å². The Balaban J connectivity index is 2.07. The second-order valence-electron chi connectivity index (χ2n) is 3.26. The number of carbonyl (C=O) groups is 1. The minimum absolute atomic E-state index is 0.0344. The third-order valence-electron chi connectivity index (χ3n) is 2.29. The number of nitrogens with one attached hydrogen (secondary N) is 1. The molecule has 0 unspecified atom stereocenters. The zero-order chi connectivity index (χ0) is 9.80. The number of hydrogen-bond acceptors (Lipinski definition) is 3. The Bertz CT molecular complexity index is 306. The maximum Gasteiger partial charge on any atom is 0.272 e. The Morgan fingerprint density at radius 1 is 1.36 bits per heavy atom. The van der Waals surface area contributed by atoms with Crippen molar-refractivity contribution in [2.45, 2.75) is 0 Å². The van der Waals surface area contributed by atoms with E-state index in [1.54, 1.807) is 12.3 Å². The minimum atomic E-state index is 0.0344. The maximum absolute atomic E-state index is 11.8. The lowest BCUT2D eigenvalue weighted by Crippen LogP contribution is -2.46. The van der Waals surface area contributed by atoms with E-state index in [9.17, 15) is 4.79 Å². The second-order valence-corrected chi connectivity index (χ2v) is 3.26. The Morgan fingerprint density at radius 3 is 2.79 bits per heavy atom. The highest BCUT2D eigenvalue weighted by molar-refractivity contribution is 5.92. The van der Waals surface area contributed by atoms with Crippen LogP contribution in [0.5, 0.6) is 0 Å². The highest BCUT2D eigenvalue weighted by atomic mass is 16.2. The molecule has 74 valence electrons. The monoisotopic (exact) mass is 191 g/mol. The first-order chi connectivity index (χ1) is 6.88. The number of carbonyl (C=O) groups excluding carboxylic acids is 1. The smallest absolute Gasteiger partial charge is 0.272 e. The number of piperazine rings is 1. The van der Waals surface area contributed by atoms with Crippen molar-refractivity contribution in [1.82, 2.24) is 15.2 Å². The molecule has 1 aliphatic heterocycles. The summed E-state index contributed by atoms with van der Waals surface area (Å²) in [4.78, 5) is 17.7. The van der Waals surface area contributed by atoms with Gasteiger partial charge in [0.05, 0.1) is 0 Å². The van der Waals surface area contributed by atoms with Crippen molar-refractivity contribution in [2.75, 3.05) is 26.2 Å². The first-order valence-corrected chi connectivity index (χ1v) is 4.79. The largest absolute Gasteiger partial charge is 0.335 e. The van der Waals surface area contributed by atoms with Gasteiger partial charge in [0.15, 0.2) is 0 Å². The van der Waals surface area contributed by atoms with Crippen molar-refractivity contribution in [3.63, 3.8) is 0 Å². The fraction of sp³-hybridized carbons (Fsp3) is 0.400. The van der Waals surface area contributed by atoms with Gasteiger partial charge in [0.25, 0.3) is 5.91 Å². The molecular formula is C10H13N3O. The number of pyridine rings is 1. The van der Waals surface area contributed by atoms with Crippen LogP contribution in [-0.4, -0.2) is 42.0 Å². The normalized spacial score (nSPS) is 16.7. The minimum Gasteiger partial charge on any atom is -0.335 e. The number of rotatable bonds is 1. The van der Waals surface area contributed by atoms with Gasteiger partial charge in [0, 0.05) is 32.4 Å². The van der Waals surface area contributed by atoms with E-state index in [1.807, 2.05) is 17.0 Å². The lowest BCUT2D eigenvalue weighted by Gasteiger charge is -2.26. The average molecular weight is 191 g/mol. The van der Waals surface area contributed by atoms with Crippen molar-refractivity contribution in [3.05, 3.63) is 30.1 Å². The zero-order valence-corrected chi connectivity index (χ0v) is 7.94. The Labute approximate surface area is 82.9 Å². The molecule has 1 aliphatic rings. The molecule has 2 rings (SSSR count). The summed E-state index contributed by atoms with van der Waals surface area (Å²) in [5.41, 5.74) is 0.536. The number of amides is 1. The first kappa shape index (κ1) is 9.15. The molecule has 0 spiro atoms. The Kier molecular flexibility index (Phi) is 2.74. The summed E-state index contributed by atoms with van der Waals surface area (Å²) in [6.07, 6.45) is 1.65. The van der Waals surface area contributed by atoms with Crippen LogP contribution >= 0.6 is 0 Å². The third-order valence-corrected chi connectivity index (χ3v) is 2.29. The maximum atomic E-state index is 11.8. The van der Waals surface area contributed by atoms with Gasteiger partial charge < -0.3 is 10.2 Å². The summed E-state index contributed by atoms with van der Waals surface area (Å²) in [5, 5.41) is 3.21. The molecular weight excluding hydrogens is 178 g/mol. The van der Waals surface area contributed by atoms with Crippen LogP contribution in [0.1, 0.15) is 10.5 Å². The summed E-state index contributed by atoms with van der Waals surface area (Å²) in [6.45, 7) is 3.29. The van der Waals surface area contributed by atoms with Gasteiger partial charge in [0.1, 0.15) is 5.69 Å². The standard InChI is InChI=1S/C10H13N3O/c14-10(9-3-1-2-4-12-9)13-7-5-11-6-8-13/h1-4,11H,5-8H2. The molecule has 0 aromatic carbocycles. The predicted octanol–water partition coefficient (Wildman–Crippen LogP) is 0.127. The summed E-state index contributed by atoms with van der Waals surface area (Å²) in [5.74, 6) is 0.0344. The van der Waals surface area contributed by atoms with Crippen LogP contribution in [0.25, 0.3) is 0 Å². The molecule has 1 N–H and O–H groups in total. The number of nitrogens with zero attached hydrogens (tertiary/aromatic N) is 2. The van der Waals surface area contributed by atoms with Gasteiger partial charge >= 0.3 is 0 Å². The molecule has 4 heteroatoms. The molecule has 1 saturated heterocycles. The van der Waals surface area contributed by atoms with E-state index in [-0.39, 0.29) is 5.91 Å². The quantitative estimate of drug-likeness (QED) is 0.686. The van der Waals surface area contributed by atoms with E-state index in [4.69, 9.17) is 0 Å². The molecule has 0 bridgehead atoms. The van der Waals surface area contributed by atoms with Gasteiger partial charge in [-0.2, -0.15) is 0 Å². The highest BCUT2D eigenvalue weighted by Crippen LogP contribution is 2.02. The van der Waals surface area contributed by atoms with Crippen LogP contribution in [0.15, 0.2) is 24.4 Å².